The summed E-state index contributed by atoms with van der Waals surface area (Å²) in [6, 6.07) is 11.1. The molecule has 174 valence electrons. The molecule has 2 fully saturated rings. The van der Waals surface area contributed by atoms with Crippen LogP contribution in [0.1, 0.15) is 107 Å². The highest BCUT2D eigenvalue weighted by Crippen LogP contribution is 2.37. The number of allylic oxidation sites excluding steroid dienone is 4. The highest BCUT2D eigenvalue weighted by atomic mass is 19.1. The average Bonchev–Trinajstić information content (AvgIpc) is 2.84. The lowest BCUT2D eigenvalue weighted by Crippen LogP contribution is -2.14. The molecule has 2 saturated carbocycles. The molecule has 2 aliphatic carbocycles. The number of nitrogens with zero attached hydrogens (tertiary/aromatic N) is 1. The SMILES string of the molecule is CCCCCCCc1ccc(C2CCC(C=CC3CCC(C=C(F)C#N)CC3)CC2)cc1. The second-order valence-electron chi connectivity index (χ2n) is 10.2. The molecule has 0 aromatic heterocycles. The van der Waals surface area contributed by atoms with Gasteiger partial charge in [-0.25, -0.2) is 0 Å². The Balaban J connectivity index is 1.36. The number of hydrogen-bond acceptors (Lipinski definition) is 1. The first kappa shape index (κ1) is 24.8. The van der Waals surface area contributed by atoms with Crippen molar-refractivity contribution in [2.24, 2.45) is 17.8 Å². The van der Waals surface area contributed by atoms with E-state index >= 15 is 0 Å². The van der Waals surface area contributed by atoms with E-state index in [1.807, 2.05) is 0 Å². The first-order valence-corrected chi connectivity index (χ1v) is 13.2. The Morgan fingerprint density at radius 3 is 2.00 bits per heavy atom. The van der Waals surface area contributed by atoms with Crippen LogP contribution in [0.25, 0.3) is 0 Å². The Hall–Kier alpha value is -1.88. The van der Waals surface area contributed by atoms with Crippen molar-refractivity contribution in [3.63, 3.8) is 0 Å². The van der Waals surface area contributed by atoms with Crippen LogP contribution in [0.2, 0.25) is 0 Å². The third-order valence-electron chi connectivity index (χ3n) is 7.75. The van der Waals surface area contributed by atoms with E-state index in [1.165, 1.54) is 81.4 Å². The van der Waals surface area contributed by atoms with Crippen molar-refractivity contribution in [1.82, 2.24) is 0 Å². The third-order valence-corrected chi connectivity index (χ3v) is 7.75. The van der Waals surface area contributed by atoms with Crippen LogP contribution in [0.4, 0.5) is 4.39 Å². The van der Waals surface area contributed by atoms with Crippen molar-refractivity contribution in [3.8, 4) is 6.07 Å². The van der Waals surface area contributed by atoms with Gasteiger partial charge >= 0.3 is 0 Å². The molecule has 0 atom stereocenters. The summed E-state index contributed by atoms with van der Waals surface area (Å²) < 4.78 is 13.2. The van der Waals surface area contributed by atoms with Gasteiger partial charge in [-0.15, -0.1) is 0 Å². The van der Waals surface area contributed by atoms with E-state index in [1.54, 1.807) is 6.07 Å². The molecule has 32 heavy (non-hydrogen) atoms. The average molecular weight is 436 g/mol. The van der Waals surface area contributed by atoms with Crippen molar-refractivity contribution < 1.29 is 4.39 Å². The zero-order chi connectivity index (χ0) is 22.6. The minimum Gasteiger partial charge on any atom is -0.195 e. The fraction of sp³-hybridized carbons (Fsp3) is 0.633. The lowest BCUT2D eigenvalue weighted by Gasteiger charge is -2.28. The molecule has 0 bridgehead atoms. The van der Waals surface area contributed by atoms with Gasteiger partial charge in [-0.2, -0.15) is 9.65 Å². The fourth-order valence-corrected chi connectivity index (χ4v) is 5.60. The van der Waals surface area contributed by atoms with E-state index in [0.717, 1.165) is 37.5 Å². The molecule has 2 heteroatoms. The van der Waals surface area contributed by atoms with E-state index < -0.39 is 5.83 Å². The molecular formula is C30H42FN. The summed E-state index contributed by atoms with van der Waals surface area (Å²) in [6.45, 7) is 2.27. The van der Waals surface area contributed by atoms with E-state index in [2.05, 4.69) is 43.3 Å². The fourth-order valence-electron chi connectivity index (χ4n) is 5.60. The van der Waals surface area contributed by atoms with Crippen LogP contribution in [-0.4, -0.2) is 0 Å². The smallest absolute Gasteiger partial charge is 0.195 e. The Bertz CT molecular complexity index is 753. The zero-order valence-electron chi connectivity index (χ0n) is 20.1. The maximum Gasteiger partial charge on any atom is 0.196 e. The van der Waals surface area contributed by atoms with Gasteiger partial charge in [0.15, 0.2) is 5.83 Å². The predicted octanol–water partition coefficient (Wildman–Crippen LogP) is 9.21. The van der Waals surface area contributed by atoms with Crippen LogP contribution < -0.4 is 0 Å². The number of hydrogen-bond donors (Lipinski definition) is 0. The highest BCUT2D eigenvalue weighted by Gasteiger charge is 2.22. The zero-order valence-corrected chi connectivity index (χ0v) is 20.1. The van der Waals surface area contributed by atoms with E-state index in [4.69, 9.17) is 5.26 Å². The molecule has 1 nitrogen and oxygen atoms in total. The monoisotopic (exact) mass is 435 g/mol. The second kappa shape index (κ2) is 13.6. The minimum atomic E-state index is -0.613. The van der Waals surface area contributed by atoms with Gasteiger partial charge in [-0.05, 0) is 105 Å². The molecule has 0 saturated heterocycles. The Morgan fingerprint density at radius 1 is 0.844 bits per heavy atom. The van der Waals surface area contributed by atoms with Crippen LogP contribution in [0.5, 0.6) is 0 Å². The number of aryl methyl sites for hydroxylation is 1. The largest absolute Gasteiger partial charge is 0.196 e. The van der Waals surface area contributed by atoms with Gasteiger partial charge in [-0.1, -0.05) is 69.0 Å². The van der Waals surface area contributed by atoms with Gasteiger partial charge < -0.3 is 0 Å². The van der Waals surface area contributed by atoms with E-state index in [0.29, 0.717) is 5.92 Å². The van der Waals surface area contributed by atoms with Crippen molar-refractivity contribution in [2.45, 2.75) is 103 Å². The number of halogens is 1. The van der Waals surface area contributed by atoms with Crippen LogP contribution in [0.3, 0.4) is 0 Å². The standard InChI is InChI=1S/C30H42FN/c1-2-3-4-5-6-7-24-14-18-28(19-15-24)29-20-16-26(17-21-29)9-8-25-10-12-27(13-11-25)22-30(31)23-32/h8-9,14-15,18-19,22,25-27,29H,2-7,10-13,16-17,20-21H2,1H3. The van der Waals surface area contributed by atoms with Gasteiger partial charge in [0.2, 0.25) is 0 Å². The molecule has 0 spiro atoms. The molecule has 0 aliphatic heterocycles. The van der Waals surface area contributed by atoms with Crippen molar-refractivity contribution in [1.29, 1.82) is 5.26 Å². The Morgan fingerprint density at radius 2 is 1.41 bits per heavy atom. The molecule has 0 N–H and O–H groups in total. The summed E-state index contributed by atoms with van der Waals surface area (Å²) >= 11 is 0. The molecule has 3 rings (SSSR count). The van der Waals surface area contributed by atoms with Crippen LogP contribution in [0.15, 0.2) is 48.3 Å². The normalized spacial score (nSPS) is 26.8. The maximum atomic E-state index is 13.2. The van der Waals surface area contributed by atoms with E-state index in [9.17, 15) is 4.39 Å². The maximum absolute atomic E-state index is 13.2. The third kappa shape index (κ3) is 8.23. The summed E-state index contributed by atoms with van der Waals surface area (Å²) in [5, 5.41) is 8.60. The van der Waals surface area contributed by atoms with E-state index in [-0.39, 0.29) is 5.92 Å². The van der Waals surface area contributed by atoms with Crippen LogP contribution in [0, 0.1) is 29.1 Å². The Kier molecular flexibility index (Phi) is 10.5. The molecule has 0 unspecified atom stereocenters. The first-order valence-electron chi connectivity index (χ1n) is 13.2. The van der Waals surface area contributed by atoms with Crippen molar-refractivity contribution >= 4 is 0 Å². The molecule has 2 aliphatic rings. The predicted molar refractivity (Wildman–Crippen MR) is 133 cm³/mol. The second-order valence-corrected chi connectivity index (χ2v) is 10.2. The van der Waals surface area contributed by atoms with Gasteiger partial charge in [-0.3, -0.25) is 0 Å². The van der Waals surface area contributed by atoms with Gasteiger partial charge in [0.1, 0.15) is 6.07 Å². The summed E-state index contributed by atoms with van der Waals surface area (Å²) in [5.41, 5.74) is 3.04. The van der Waals surface area contributed by atoms with Gasteiger partial charge in [0.05, 0.1) is 0 Å². The summed E-state index contributed by atoms with van der Waals surface area (Å²) in [7, 11) is 0. The van der Waals surface area contributed by atoms with Gasteiger partial charge in [0.25, 0.3) is 0 Å². The first-order chi connectivity index (χ1) is 15.7. The molecule has 0 amide bonds. The molecular weight excluding hydrogens is 393 g/mol. The number of rotatable bonds is 10. The summed E-state index contributed by atoms with van der Waals surface area (Å²) in [4.78, 5) is 0. The molecule has 1 aromatic rings. The quantitative estimate of drug-likeness (QED) is 0.204. The summed E-state index contributed by atoms with van der Waals surface area (Å²) in [5.74, 6) is 1.73. The lowest BCUT2D eigenvalue weighted by molar-refractivity contribution is 0.346. The highest BCUT2D eigenvalue weighted by molar-refractivity contribution is 5.26. The van der Waals surface area contributed by atoms with Gasteiger partial charge in [0, 0.05) is 0 Å². The lowest BCUT2D eigenvalue weighted by atomic mass is 9.77. The molecule has 1 aromatic carbocycles. The van der Waals surface area contributed by atoms with Crippen LogP contribution in [-0.2, 0) is 6.42 Å². The van der Waals surface area contributed by atoms with Crippen molar-refractivity contribution in [2.75, 3.05) is 0 Å². The number of benzene rings is 1. The number of nitriles is 1. The molecule has 0 heterocycles. The summed E-state index contributed by atoms with van der Waals surface area (Å²) in [6.07, 6.45) is 23.9. The topological polar surface area (TPSA) is 23.8 Å². The Labute approximate surface area is 195 Å². The number of unbranched alkanes of at least 4 members (excludes halogenated alkanes) is 4. The minimum absolute atomic E-state index is 0.252. The molecule has 0 radical (unpaired) electrons. The van der Waals surface area contributed by atoms with Crippen molar-refractivity contribution in [3.05, 3.63) is 59.4 Å². The van der Waals surface area contributed by atoms with Crippen LogP contribution >= 0.6 is 0 Å².